The van der Waals surface area contributed by atoms with Crippen LogP contribution in [0.5, 0.6) is 5.75 Å². The predicted octanol–water partition coefficient (Wildman–Crippen LogP) is 2.35. The molecule has 0 radical (unpaired) electrons. The Balaban J connectivity index is 1.71. The Morgan fingerprint density at radius 2 is 1.96 bits per heavy atom. The van der Waals surface area contributed by atoms with Crippen molar-refractivity contribution in [3.8, 4) is 5.75 Å². The Hall–Kier alpha value is -2.12. The van der Waals surface area contributed by atoms with Crippen molar-refractivity contribution in [1.82, 2.24) is 4.31 Å². The molecule has 1 unspecified atom stereocenters. The van der Waals surface area contributed by atoms with E-state index in [1.165, 1.54) is 10.4 Å². The highest BCUT2D eigenvalue weighted by Gasteiger charge is 2.33. The number of benzene rings is 1. The summed E-state index contributed by atoms with van der Waals surface area (Å²) >= 11 is 0. The van der Waals surface area contributed by atoms with E-state index >= 15 is 0 Å². The molecule has 1 aromatic heterocycles. The second-order valence-electron chi connectivity index (χ2n) is 6.11. The fourth-order valence-electron chi connectivity index (χ4n) is 2.89. The largest absolute Gasteiger partial charge is 0.489 e. The first-order valence-corrected chi connectivity index (χ1v) is 9.70. The molecule has 1 aliphatic heterocycles. The maximum Gasteiger partial charge on any atom is 0.339 e. The first-order chi connectivity index (χ1) is 11.9. The number of ether oxygens (including phenoxy) is 1. The van der Waals surface area contributed by atoms with Crippen LogP contribution in [-0.2, 0) is 16.4 Å². The van der Waals surface area contributed by atoms with Gasteiger partial charge >= 0.3 is 5.63 Å². The minimum absolute atomic E-state index is 0.261. The Bertz CT molecular complexity index is 902. The van der Waals surface area contributed by atoms with Crippen molar-refractivity contribution in [1.29, 1.82) is 0 Å². The zero-order valence-electron chi connectivity index (χ0n) is 14.3. The van der Waals surface area contributed by atoms with E-state index in [4.69, 9.17) is 9.15 Å². The van der Waals surface area contributed by atoms with Gasteiger partial charge in [-0.25, -0.2) is 13.2 Å². The first kappa shape index (κ1) is 17.7. The molecule has 3 rings (SSSR count). The van der Waals surface area contributed by atoms with Crippen molar-refractivity contribution in [2.45, 2.75) is 37.7 Å². The lowest BCUT2D eigenvalue weighted by atomic mass is 10.2. The van der Waals surface area contributed by atoms with E-state index in [9.17, 15) is 13.2 Å². The minimum atomic E-state index is -3.53. The normalized spacial score (nSPS) is 18.4. The van der Waals surface area contributed by atoms with E-state index < -0.39 is 15.6 Å². The SMILES string of the molecule is CCc1ccc(S(=O)(=O)N2CCC(Oc3cc(C)oc(=O)c3)C2)cc1. The topological polar surface area (TPSA) is 76.8 Å². The summed E-state index contributed by atoms with van der Waals surface area (Å²) in [5.74, 6) is 0.867. The number of aryl methyl sites for hydroxylation is 2. The van der Waals surface area contributed by atoms with Gasteiger partial charge < -0.3 is 9.15 Å². The summed E-state index contributed by atoms with van der Waals surface area (Å²) in [4.78, 5) is 11.7. The van der Waals surface area contributed by atoms with Gasteiger partial charge in [0.05, 0.1) is 17.5 Å². The van der Waals surface area contributed by atoms with Gasteiger partial charge in [0.1, 0.15) is 17.6 Å². The van der Waals surface area contributed by atoms with Gasteiger partial charge in [0, 0.05) is 12.6 Å². The van der Waals surface area contributed by atoms with E-state index in [-0.39, 0.29) is 12.6 Å². The third kappa shape index (κ3) is 3.93. The summed E-state index contributed by atoms with van der Waals surface area (Å²) in [6, 6.07) is 9.86. The van der Waals surface area contributed by atoms with Gasteiger partial charge in [-0.15, -0.1) is 0 Å². The van der Waals surface area contributed by atoms with Crippen molar-refractivity contribution in [2.75, 3.05) is 13.1 Å². The molecule has 2 heterocycles. The van der Waals surface area contributed by atoms with Crippen LogP contribution in [0.3, 0.4) is 0 Å². The molecule has 25 heavy (non-hydrogen) atoms. The molecule has 1 aromatic carbocycles. The molecule has 1 aliphatic rings. The highest BCUT2D eigenvalue weighted by atomic mass is 32.2. The summed E-state index contributed by atoms with van der Waals surface area (Å²) in [6.45, 7) is 4.34. The fraction of sp³-hybridized carbons (Fsp3) is 0.389. The van der Waals surface area contributed by atoms with E-state index in [1.54, 1.807) is 25.1 Å². The molecule has 134 valence electrons. The molecule has 7 heteroatoms. The molecule has 0 N–H and O–H groups in total. The van der Waals surface area contributed by atoms with Crippen LogP contribution in [0.15, 0.2) is 50.5 Å². The number of sulfonamides is 1. The highest BCUT2D eigenvalue weighted by Crippen LogP contribution is 2.24. The Morgan fingerprint density at radius 1 is 1.24 bits per heavy atom. The summed E-state index contributed by atoms with van der Waals surface area (Å²) in [5.41, 5.74) is 0.619. The third-order valence-corrected chi connectivity index (χ3v) is 6.13. The predicted molar refractivity (Wildman–Crippen MR) is 93.3 cm³/mol. The number of rotatable bonds is 5. The van der Waals surface area contributed by atoms with Crippen LogP contribution in [0, 0.1) is 6.92 Å². The van der Waals surface area contributed by atoms with E-state index in [2.05, 4.69) is 0 Å². The van der Waals surface area contributed by atoms with Crippen molar-refractivity contribution in [3.05, 3.63) is 58.1 Å². The molecule has 1 fully saturated rings. The lowest BCUT2D eigenvalue weighted by Crippen LogP contribution is -2.31. The molecule has 1 atom stereocenters. The maximum atomic E-state index is 12.7. The van der Waals surface area contributed by atoms with E-state index in [1.807, 2.05) is 19.1 Å². The quantitative estimate of drug-likeness (QED) is 0.815. The van der Waals surface area contributed by atoms with Crippen LogP contribution in [-0.4, -0.2) is 31.9 Å². The van der Waals surface area contributed by atoms with Gasteiger partial charge in [0.2, 0.25) is 10.0 Å². The standard InChI is InChI=1S/C18H21NO5S/c1-3-14-4-6-17(7-5-14)25(21,22)19-9-8-15(12-19)24-16-10-13(2)23-18(20)11-16/h4-7,10-11,15H,3,8-9,12H2,1-2H3. The number of hydrogen-bond donors (Lipinski definition) is 0. The Morgan fingerprint density at radius 3 is 2.60 bits per heavy atom. The van der Waals surface area contributed by atoms with Gasteiger partial charge in [0.15, 0.2) is 0 Å². The number of hydrogen-bond acceptors (Lipinski definition) is 5. The molecule has 0 bridgehead atoms. The van der Waals surface area contributed by atoms with Gasteiger partial charge in [-0.1, -0.05) is 19.1 Å². The molecule has 6 nitrogen and oxygen atoms in total. The van der Waals surface area contributed by atoms with Gasteiger partial charge in [0.25, 0.3) is 0 Å². The smallest absolute Gasteiger partial charge is 0.339 e. The second-order valence-corrected chi connectivity index (χ2v) is 8.05. The molecule has 2 aromatic rings. The van der Waals surface area contributed by atoms with Crippen molar-refractivity contribution < 1.29 is 17.6 Å². The highest BCUT2D eigenvalue weighted by molar-refractivity contribution is 7.89. The van der Waals surface area contributed by atoms with Gasteiger partial charge in [-0.3, -0.25) is 0 Å². The van der Waals surface area contributed by atoms with Crippen molar-refractivity contribution >= 4 is 10.0 Å². The zero-order chi connectivity index (χ0) is 18.0. The Kier molecular flexibility index (Phi) is 4.96. The lowest BCUT2D eigenvalue weighted by Gasteiger charge is -2.17. The van der Waals surface area contributed by atoms with Crippen LogP contribution in [0.4, 0.5) is 0 Å². The van der Waals surface area contributed by atoms with Gasteiger partial charge in [-0.05, 0) is 37.5 Å². The van der Waals surface area contributed by atoms with Crippen LogP contribution in [0.25, 0.3) is 0 Å². The van der Waals surface area contributed by atoms with E-state index in [0.717, 1.165) is 12.0 Å². The third-order valence-electron chi connectivity index (χ3n) is 4.25. The van der Waals surface area contributed by atoms with Gasteiger partial charge in [-0.2, -0.15) is 4.31 Å². The van der Waals surface area contributed by atoms with Crippen LogP contribution in [0.2, 0.25) is 0 Å². The zero-order valence-corrected chi connectivity index (χ0v) is 15.1. The van der Waals surface area contributed by atoms with E-state index in [0.29, 0.717) is 29.4 Å². The van der Waals surface area contributed by atoms with Crippen molar-refractivity contribution in [2.24, 2.45) is 0 Å². The summed E-state index contributed by atoms with van der Waals surface area (Å²) in [5, 5.41) is 0. The fourth-order valence-corrected chi connectivity index (χ4v) is 4.38. The second kappa shape index (κ2) is 7.01. The average Bonchev–Trinajstić information content (AvgIpc) is 3.03. The maximum absolute atomic E-state index is 12.7. The molecule has 0 spiro atoms. The molecule has 0 saturated carbocycles. The average molecular weight is 363 g/mol. The summed E-state index contributed by atoms with van der Waals surface area (Å²) < 4.78 is 37.6. The Labute approximate surface area is 147 Å². The molecular formula is C18H21NO5S. The number of nitrogens with zero attached hydrogens (tertiary/aromatic N) is 1. The molecule has 0 aliphatic carbocycles. The first-order valence-electron chi connectivity index (χ1n) is 8.26. The molecule has 1 saturated heterocycles. The summed E-state index contributed by atoms with van der Waals surface area (Å²) in [6.07, 6.45) is 1.15. The van der Waals surface area contributed by atoms with Crippen molar-refractivity contribution in [3.63, 3.8) is 0 Å². The summed E-state index contributed by atoms with van der Waals surface area (Å²) in [7, 11) is -3.53. The monoisotopic (exact) mass is 363 g/mol. The van der Waals surface area contributed by atoms with Crippen LogP contribution in [0.1, 0.15) is 24.7 Å². The minimum Gasteiger partial charge on any atom is -0.489 e. The molecular weight excluding hydrogens is 342 g/mol. The van der Waals surface area contributed by atoms with Crippen LogP contribution >= 0.6 is 0 Å². The molecule has 0 amide bonds. The van der Waals surface area contributed by atoms with Crippen LogP contribution < -0.4 is 10.4 Å². The lowest BCUT2D eigenvalue weighted by molar-refractivity contribution is 0.213.